The molecule has 0 aromatic heterocycles. The van der Waals surface area contributed by atoms with Gasteiger partial charge in [-0.15, -0.1) is 0 Å². The lowest BCUT2D eigenvalue weighted by atomic mass is 9.98. The Bertz CT molecular complexity index is 136. The number of allylic oxidation sites excluding steroid dienone is 4. The first-order chi connectivity index (χ1) is 4.34. The summed E-state index contributed by atoms with van der Waals surface area (Å²) in [6.07, 6.45) is 10.1. The molecular weight excluding hydrogens is 223 g/mol. The first kappa shape index (κ1) is 7.32. The second kappa shape index (κ2) is 3.40. The first-order valence-corrected chi connectivity index (χ1v) is 4.58. The van der Waals surface area contributed by atoms with E-state index in [0.717, 1.165) is 9.84 Å². The van der Waals surface area contributed by atoms with E-state index in [1.807, 2.05) is 0 Å². The summed E-state index contributed by atoms with van der Waals surface area (Å²) in [4.78, 5) is 0. The van der Waals surface area contributed by atoms with Gasteiger partial charge in [-0.1, -0.05) is 53.8 Å². The summed E-state index contributed by atoms with van der Waals surface area (Å²) in [6, 6.07) is 0. The van der Waals surface area contributed by atoms with Crippen molar-refractivity contribution in [2.45, 2.75) is 17.3 Å². The van der Waals surface area contributed by atoms with E-state index in [0.29, 0.717) is 0 Å². The zero-order chi connectivity index (χ0) is 6.69. The molecule has 0 amide bonds. The molecule has 1 aliphatic rings. The predicted molar refractivity (Wildman–Crippen MR) is 49.9 cm³/mol. The molecule has 9 heavy (non-hydrogen) atoms. The fourth-order valence-corrected chi connectivity index (χ4v) is 1.98. The van der Waals surface area contributed by atoms with Gasteiger partial charge in [-0.3, -0.25) is 0 Å². The Morgan fingerprint density at radius 1 is 1.33 bits per heavy atom. The van der Waals surface area contributed by atoms with Crippen LogP contribution >= 0.6 is 22.6 Å². The minimum absolute atomic E-state index is 0.720. The Morgan fingerprint density at radius 3 is 2.44 bits per heavy atom. The number of hydrogen-bond donors (Lipinski definition) is 0. The molecule has 2 atom stereocenters. The standard InChI is InChI=1S/C8H11I/c1-2-7-5-3-4-6-8(7)9/h3-8H,2H2,1H3. The van der Waals surface area contributed by atoms with Crippen LogP contribution in [0.5, 0.6) is 0 Å². The molecule has 0 nitrogen and oxygen atoms in total. The minimum atomic E-state index is 0.720. The number of alkyl halides is 1. The van der Waals surface area contributed by atoms with Crippen molar-refractivity contribution in [3.05, 3.63) is 24.3 Å². The van der Waals surface area contributed by atoms with Crippen LogP contribution in [0.3, 0.4) is 0 Å². The van der Waals surface area contributed by atoms with Gasteiger partial charge >= 0.3 is 0 Å². The maximum Gasteiger partial charge on any atom is 0.0355 e. The Balaban J connectivity index is 2.55. The third-order valence-corrected chi connectivity index (χ3v) is 2.98. The van der Waals surface area contributed by atoms with E-state index in [2.05, 4.69) is 53.8 Å². The summed E-state index contributed by atoms with van der Waals surface area (Å²) in [7, 11) is 0. The highest BCUT2D eigenvalue weighted by Crippen LogP contribution is 2.22. The van der Waals surface area contributed by atoms with E-state index < -0.39 is 0 Å². The van der Waals surface area contributed by atoms with Crippen LogP contribution in [0.2, 0.25) is 0 Å². The van der Waals surface area contributed by atoms with Crippen LogP contribution in [0.1, 0.15) is 13.3 Å². The van der Waals surface area contributed by atoms with E-state index in [9.17, 15) is 0 Å². The lowest BCUT2D eigenvalue weighted by Gasteiger charge is -2.15. The zero-order valence-corrected chi connectivity index (χ0v) is 7.71. The largest absolute Gasteiger partial charge is 0.0801 e. The van der Waals surface area contributed by atoms with Crippen LogP contribution in [-0.4, -0.2) is 3.92 Å². The molecule has 1 heteroatoms. The fraction of sp³-hybridized carbons (Fsp3) is 0.500. The molecule has 50 valence electrons. The van der Waals surface area contributed by atoms with Gasteiger partial charge in [-0.25, -0.2) is 0 Å². The van der Waals surface area contributed by atoms with Gasteiger partial charge in [0.1, 0.15) is 0 Å². The molecule has 1 rings (SSSR count). The monoisotopic (exact) mass is 234 g/mol. The van der Waals surface area contributed by atoms with Gasteiger partial charge in [0.05, 0.1) is 0 Å². The van der Waals surface area contributed by atoms with Gasteiger partial charge in [0.2, 0.25) is 0 Å². The summed E-state index contributed by atoms with van der Waals surface area (Å²) < 4.78 is 0.720. The van der Waals surface area contributed by atoms with Crippen molar-refractivity contribution in [1.29, 1.82) is 0 Å². The number of rotatable bonds is 1. The topological polar surface area (TPSA) is 0 Å². The molecule has 0 N–H and O–H groups in total. The molecular formula is C8H11I. The summed E-state index contributed by atoms with van der Waals surface area (Å²) >= 11 is 2.48. The normalized spacial score (nSPS) is 33.1. The van der Waals surface area contributed by atoms with Crippen molar-refractivity contribution >= 4 is 22.6 Å². The van der Waals surface area contributed by atoms with Gasteiger partial charge in [-0.05, 0) is 12.3 Å². The molecule has 0 aromatic rings. The van der Waals surface area contributed by atoms with E-state index in [4.69, 9.17) is 0 Å². The first-order valence-electron chi connectivity index (χ1n) is 3.33. The molecule has 0 fully saturated rings. The minimum Gasteiger partial charge on any atom is -0.0801 e. The van der Waals surface area contributed by atoms with Gasteiger partial charge in [0.15, 0.2) is 0 Å². The van der Waals surface area contributed by atoms with Crippen molar-refractivity contribution in [3.8, 4) is 0 Å². The number of halogens is 1. The maximum atomic E-state index is 2.48. The molecule has 0 aliphatic heterocycles. The average molecular weight is 234 g/mol. The number of hydrogen-bond acceptors (Lipinski definition) is 0. The molecule has 0 spiro atoms. The second-order valence-corrected chi connectivity index (χ2v) is 3.72. The van der Waals surface area contributed by atoms with E-state index >= 15 is 0 Å². The Kier molecular flexibility index (Phi) is 2.76. The SMILES string of the molecule is CCC1C=CC=CC1I. The van der Waals surface area contributed by atoms with Gasteiger partial charge in [0.25, 0.3) is 0 Å². The quantitative estimate of drug-likeness (QED) is 0.483. The Hall–Kier alpha value is 0.210. The second-order valence-electron chi connectivity index (χ2n) is 2.29. The molecule has 0 bridgehead atoms. The highest BCUT2D eigenvalue weighted by atomic mass is 127. The fourth-order valence-electron chi connectivity index (χ4n) is 0.987. The molecule has 0 radical (unpaired) electrons. The predicted octanol–water partition coefficient (Wildman–Crippen LogP) is 2.94. The van der Waals surface area contributed by atoms with Crippen molar-refractivity contribution < 1.29 is 0 Å². The van der Waals surface area contributed by atoms with Crippen LogP contribution in [0.25, 0.3) is 0 Å². The third kappa shape index (κ3) is 1.81. The van der Waals surface area contributed by atoms with Crippen LogP contribution in [0.15, 0.2) is 24.3 Å². The Labute approximate surface area is 70.2 Å². The van der Waals surface area contributed by atoms with Gasteiger partial charge in [-0.2, -0.15) is 0 Å². The summed E-state index contributed by atoms with van der Waals surface area (Å²) in [5.41, 5.74) is 0. The maximum absolute atomic E-state index is 2.48. The summed E-state index contributed by atoms with van der Waals surface area (Å²) in [5.74, 6) is 0.774. The van der Waals surface area contributed by atoms with Crippen LogP contribution < -0.4 is 0 Å². The molecule has 0 heterocycles. The summed E-state index contributed by atoms with van der Waals surface area (Å²) in [6.45, 7) is 2.24. The molecule has 0 saturated heterocycles. The molecule has 0 saturated carbocycles. The molecule has 1 aliphatic carbocycles. The molecule has 2 unspecified atom stereocenters. The molecule has 0 aromatic carbocycles. The lowest BCUT2D eigenvalue weighted by Crippen LogP contribution is -2.09. The van der Waals surface area contributed by atoms with E-state index in [1.54, 1.807) is 0 Å². The van der Waals surface area contributed by atoms with Crippen molar-refractivity contribution in [3.63, 3.8) is 0 Å². The zero-order valence-electron chi connectivity index (χ0n) is 5.55. The average Bonchev–Trinajstić information content (AvgIpc) is 1.89. The van der Waals surface area contributed by atoms with Crippen molar-refractivity contribution in [1.82, 2.24) is 0 Å². The van der Waals surface area contributed by atoms with Gasteiger partial charge < -0.3 is 0 Å². The Morgan fingerprint density at radius 2 is 2.00 bits per heavy atom. The van der Waals surface area contributed by atoms with Crippen LogP contribution in [-0.2, 0) is 0 Å². The van der Waals surface area contributed by atoms with Crippen LogP contribution in [0, 0.1) is 5.92 Å². The van der Waals surface area contributed by atoms with Crippen molar-refractivity contribution in [2.24, 2.45) is 5.92 Å². The smallest absolute Gasteiger partial charge is 0.0355 e. The van der Waals surface area contributed by atoms with E-state index in [1.165, 1.54) is 6.42 Å². The highest BCUT2D eigenvalue weighted by Gasteiger charge is 2.11. The van der Waals surface area contributed by atoms with Gasteiger partial charge in [0, 0.05) is 3.92 Å². The lowest BCUT2D eigenvalue weighted by molar-refractivity contribution is 0.660. The van der Waals surface area contributed by atoms with Crippen molar-refractivity contribution in [2.75, 3.05) is 0 Å². The van der Waals surface area contributed by atoms with Crippen LogP contribution in [0.4, 0.5) is 0 Å². The highest BCUT2D eigenvalue weighted by molar-refractivity contribution is 14.1. The third-order valence-electron chi connectivity index (χ3n) is 1.64. The summed E-state index contributed by atoms with van der Waals surface area (Å²) in [5, 5.41) is 0. The van der Waals surface area contributed by atoms with E-state index in [-0.39, 0.29) is 0 Å².